The lowest BCUT2D eigenvalue weighted by Gasteiger charge is -2.12. The largest absolute Gasteiger partial charge is 0.491 e. The third-order valence-electron chi connectivity index (χ3n) is 1.88. The fourth-order valence-corrected chi connectivity index (χ4v) is 1.28. The minimum Gasteiger partial charge on any atom is -0.491 e. The lowest BCUT2D eigenvalue weighted by atomic mass is 10.2. The van der Waals surface area contributed by atoms with Gasteiger partial charge in [0.1, 0.15) is 24.0 Å². The van der Waals surface area contributed by atoms with Gasteiger partial charge in [-0.15, -0.1) is 0 Å². The van der Waals surface area contributed by atoms with E-state index in [0.29, 0.717) is 22.9 Å². The Kier molecular flexibility index (Phi) is 4.41. The summed E-state index contributed by atoms with van der Waals surface area (Å²) in [4.78, 5) is 2.01. The zero-order chi connectivity index (χ0) is 11.3. The topological polar surface area (TPSA) is 36.3 Å². The molecule has 4 heteroatoms. The maximum atomic E-state index is 8.88. The number of hydrogen-bond acceptors (Lipinski definition) is 3. The van der Waals surface area contributed by atoms with Crippen molar-refractivity contribution in [1.29, 1.82) is 5.26 Å². The second kappa shape index (κ2) is 5.59. The Hall–Kier alpha value is -1.24. The lowest BCUT2D eigenvalue weighted by Crippen LogP contribution is -2.19. The van der Waals surface area contributed by atoms with Crippen molar-refractivity contribution in [3.05, 3.63) is 28.8 Å². The fourth-order valence-electron chi connectivity index (χ4n) is 1.07. The number of halogens is 1. The minimum atomic E-state index is 0.401. The maximum absolute atomic E-state index is 8.88. The van der Waals surface area contributed by atoms with Gasteiger partial charge in [-0.1, -0.05) is 17.7 Å². The van der Waals surface area contributed by atoms with Gasteiger partial charge in [-0.3, -0.25) is 0 Å². The molecule has 0 fully saturated rings. The van der Waals surface area contributed by atoms with Gasteiger partial charge in [-0.05, 0) is 26.2 Å². The molecule has 0 spiro atoms. The van der Waals surface area contributed by atoms with Gasteiger partial charge in [0, 0.05) is 6.54 Å². The van der Waals surface area contributed by atoms with Crippen LogP contribution in [0.2, 0.25) is 5.02 Å². The molecule has 0 saturated carbocycles. The molecule has 0 heterocycles. The van der Waals surface area contributed by atoms with E-state index in [2.05, 4.69) is 0 Å². The molecule has 0 unspecified atom stereocenters. The van der Waals surface area contributed by atoms with Crippen LogP contribution >= 0.6 is 11.6 Å². The van der Waals surface area contributed by atoms with Crippen LogP contribution in [-0.2, 0) is 0 Å². The van der Waals surface area contributed by atoms with Gasteiger partial charge < -0.3 is 9.64 Å². The maximum Gasteiger partial charge on any atom is 0.138 e. The molecule has 1 aromatic rings. The van der Waals surface area contributed by atoms with Crippen molar-refractivity contribution in [3.63, 3.8) is 0 Å². The summed E-state index contributed by atoms with van der Waals surface area (Å²) in [6.45, 7) is 1.35. The second-order valence-electron chi connectivity index (χ2n) is 3.38. The number of nitriles is 1. The van der Waals surface area contributed by atoms with Crippen LogP contribution in [0.1, 0.15) is 5.56 Å². The average molecular weight is 225 g/mol. The van der Waals surface area contributed by atoms with Gasteiger partial charge in [-0.2, -0.15) is 5.26 Å². The van der Waals surface area contributed by atoms with Crippen molar-refractivity contribution in [2.24, 2.45) is 0 Å². The van der Waals surface area contributed by atoms with E-state index in [1.165, 1.54) is 0 Å². The van der Waals surface area contributed by atoms with Crippen molar-refractivity contribution in [2.75, 3.05) is 27.2 Å². The molecule has 3 nitrogen and oxygen atoms in total. The SMILES string of the molecule is CN(C)CCOc1cccc(Cl)c1C#N. The number of nitrogens with zero attached hydrogens (tertiary/aromatic N) is 2. The molecule has 1 aromatic carbocycles. The normalized spacial score (nSPS) is 10.1. The van der Waals surface area contributed by atoms with Crippen molar-refractivity contribution in [2.45, 2.75) is 0 Å². The quantitative estimate of drug-likeness (QED) is 0.787. The average Bonchev–Trinajstić information content (AvgIpc) is 2.17. The molecule has 0 atom stereocenters. The van der Waals surface area contributed by atoms with Crippen LogP contribution in [0.15, 0.2) is 18.2 Å². The zero-order valence-electron chi connectivity index (χ0n) is 8.83. The van der Waals surface area contributed by atoms with Gasteiger partial charge >= 0.3 is 0 Å². The van der Waals surface area contributed by atoms with Crippen molar-refractivity contribution >= 4 is 11.6 Å². The van der Waals surface area contributed by atoms with E-state index in [0.717, 1.165) is 6.54 Å². The number of benzene rings is 1. The molecule has 0 bridgehead atoms. The van der Waals surface area contributed by atoms with E-state index in [1.807, 2.05) is 25.1 Å². The highest BCUT2D eigenvalue weighted by molar-refractivity contribution is 6.31. The third kappa shape index (κ3) is 3.43. The first-order chi connectivity index (χ1) is 7.15. The lowest BCUT2D eigenvalue weighted by molar-refractivity contribution is 0.261. The molecule has 15 heavy (non-hydrogen) atoms. The first-order valence-electron chi connectivity index (χ1n) is 4.61. The standard InChI is InChI=1S/C11H13ClN2O/c1-14(2)6-7-15-11-5-3-4-10(12)9(11)8-13/h3-5H,6-7H2,1-2H3. The van der Waals surface area contributed by atoms with E-state index in [1.54, 1.807) is 18.2 Å². The van der Waals surface area contributed by atoms with Crippen molar-refractivity contribution in [1.82, 2.24) is 4.90 Å². The van der Waals surface area contributed by atoms with Gasteiger partial charge in [0.15, 0.2) is 0 Å². The van der Waals surface area contributed by atoms with Crippen molar-refractivity contribution in [3.8, 4) is 11.8 Å². The number of likely N-dealkylation sites (N-methyl/N-ethyl adjacent to an activating group) is 1. The highest BCUT2D eigenvalue weighted by atomic mass is 35.5. The van der Waals surface area contributed by atoms with Gasteiger partial charge in [0.05, 0.1) is 5.02 Å². The Morgan fingerprint density at radius 2 is 2.20 bits per heavy atom. The van der Waals surface area contributed by atoms with Crippen molar-refractivity contribution < 1.29 is 4.74 Å². The summed E-state index contributed by atoms with van der Waals surface area (Å²) < 4.78 is 5.47. The van der Waals surface area contributed by atoms with E-state index in [4.69, 9.17) is 21.6 Å². The molecule has 1 rings (SSSR count). The Morgan fingerprint density at radius 3 is 2.80 bits per heavy atom. The predicted molar refractivity (Wildman–Crippen MR) is 60.2 cm³/mol. The molecule has 0 aliphatic heterocycles. The molecule has 0 saturated heterocycles. The van der Waals surface area contributed by atoms with Crippen LogP contribution in [0.3, 0.4) is 0 Å². The zero-order valence-corrected chi connectivity index (χ0v) is 9.58. The summed E-state index contributed by atoms with van der Waals surface area (Å²) in [5.41, 5.74) is 0.401. The Balaban J connectivity index is 2.69. The molecular formula is C11H13ClN2O. The molecule has 0 N–H and O–H groups in total. The van der Waals surface area contributed by atoms with E-state index < -0.39 is 0 Å². The summed E-state index contributed by atoms with van der Waals surface area (Å²) in [6, 6.07) is 7.23. The predicted octanol–water partition coefficient (Wildman–Crippen LogP) is 2.15. The summed E-state index contributed by atoms with van der Waals surface area (Å²) in [6.07, 6.45) is 0. The van der Waals surface area contributed by atoms with Crippen LogP contribution in [0.25, 0.3) is 0 Å². The Morgan fingerprint density at radius 1 is 1.47 bits per heavy atom. The highest BCUT2D eigenvalue weighted by Crippen LogP contribution is 2.25. The van der Waals surface area contributed by atoms with Crippen LogP contribution in [-0.4, -0.2) is 32.1 Å². The Bertz CT molecular complexity index is 371. The van der Waals surface area contributed by atoms with E-state index >= 15 is 0 Å². The highest BCUT2D eigenvalue weighted by Gasteiger charge is 2.06. The fraction of sp³-hybridized carbons (Fsp3) is 0.364. The van der Waals surface area contributed by atoms with Crippen LogP contribution < -0.4 is 4.74 Å². The Labute approximate surface area is 94.8 Å². The molecule has 0 aliphatic rings. The first kappa shape index (κ1) is 11.8. The summed E-state index contributed by atoms with van der Waals surface area (Å²) in [7, 11) is 3.93. The molecule has 0 amide bonds. The molecule has 0 aliphatic carbocycles. The van der Waals surface area contributed by atoms with Crippen LogP contribution in [0.4, 0.5) is 0 Å². The molecule has 80 valence electrons. The van der Waals surface area contributed by atoms with Gasteiger partial charge in [0.25, 0.3) is 0 Å². The number of ether oxygens (including phenoxy) is 1. The first-order valence-corrected chi connectivity index (χ1v) is 4.99. The second-order valence-corrected chi connectivity index (χ2v) is 3.78. The summed E-state index contributed by atoms with van der Waals surface area (Å²) >= 11 is 5.86. The van der Waals surface area contributed by atoms with E-state index in [-0.39, 0.29) is 0 Å². The van der Waals surface area contributed by atoms with Crippen LogP contribution in [0, 0.1) is 11.3 Å². The number of rotatable bonds is 4. The van der Waals surface area contributed by atoms with Crippen LogP contribution in [0.5, 0.6) is 5.75 Å². The van der Waals surface area contributed by atoms with Gasteiger partial charge in [-0.25, -0.2) is 0 Å². The summed E-state index contributed by atoms with van der Waals surface area (Å²) in [5.74, 6) is 0.548. The smallest absolute Gasteiger partial charge is 0.138 e. The molecule has 0 radical (unpaired) electrons. The minimum absolute atomic E-state index is 0.401. The van der Waals surface area contributed by atoms with E-state index in [9.17, 15) is 0 Å². The molecular weight excluding hydrogens is 212 g/mol. The third-order valence-corrected chi connectivity index (χ3v) is 2.20. The summed E-state index contributed by atoms with van der Waals surface area (Å²) in [5, 5.41) is 9.31. The monoisotopic (exact) mass is 224 g/mol. The molecule has 0 aromatic heterocycles. The van der Waals surface area contributed by atoms with Gasteiger partial charge in [0.2, 0.25) is 0 Å². The number of hydrogen-bond donors (Lipinski definition) is 0.